The van der Waals surface area contributed by atoms with Gasteiger partial charge in [-0.3, -0.25) is 16.4 Å². The van der Waals surface area contributed by atoms with Crippen LogP contribution in [0, 0.1) is 6.92 Å². The summed E-state index contributed by atoms with van der Waals surface area (Å²) in [6.07, 6.45) is 0. The summed E-state index contributed by atoms with van der Waals surface area (Å²) in [5.74, 6) is 0.914. The maximum absolute atomic E-state index is 5.88. The van der Waals surface area contributed by atoms with Gasteiger partial charge in [-0.05, 0) is 27.1 Å². The summed E-state index contributed by atoms with van der Waals surface area (Å²) in [7, 11) is 0.326. The van der Waals surface area contributed by atoms with E-state index in [1.807, 2.05) is 0 Å². The Kier molecular flexibility index (Phi) is 2.99. The van der Waals surface area contributed by atoms with Gasteiger partial charge >= 0.3 is 0 Å². The maximum Gasteiger partial charge on any atom is 0.232 e. The Bertz CT molecular complexity index is 504. The number of fused-ring (bicyclic) bond motifs is 1. The topological polar surface area (TPSA) is 64.5 Å². The van der Waals surface area contributed by atoms with Crippen molar-refractivity contribution in [3.05, 3.63) is 23.3 Å². The number of aryl methyl sites for hydroxylation is 1. The molecule has 0 saturated heterocycles. The highest BCUT2D eigenvalue weighted by molar-refractivity contribution is 14.2. The molecule has 17 heavy (non-hydrogen) atoms. The lowest BCUT2D eigenvalue weighted by atomic mass is 10.1. The highest BCUT2D eigenvalue weighted by atomic mass is 127. The van der Waals surface area contributed by atoms with Crippen LogP contribution in [-0.2, 0) is 6.54 Å². The lowest BCUT2D eigenvalue weighted by Gasteiger charge is -2.23. The van der Waals surface area contributed by atoms with Gasteiger partial charge in [-0.15, -0.1) is 0 Å². The Morgan fingerprint density at radius 1 is 1.53 bits per heavy atom. The van der Waals surface area contributed by atoms with Gasteiger partial charge in [0.2, 0.25) is 5.59 Å². The molecule has 4 nitrogen and oxygen atoms in total. The fourth-order valence-corrected chi connectivity index (χ4v) is 4.63. The fourth-order valence-electron chi connectivity index (χ4n) is 2.05. The maximum atomic E-state index is 5.88. The van der Waals surface area contributed by atoms with E-state index in [1.54, 1.807) is 0 Å². The molecule has 1 atom stereocenters. The molecule has 0 saturated carbocycles. The molecule has 4 N–H and O–H groups in total. The zero-order valence-corrected chi connectivity index (χ0v) is 12.7. The van der Waals surface area contributed by atoms with Crippen molar-refractivity contribution < 1.29 is 4.74 Å². The minimum absolute atomic E-state index is 0.326. The van der Waals surface area contributed by atoms with Gasteiger partial charge in [0.1, 0.15) is 5.75 Å². The van der Waals surface area contributed by atoms with Gasteiger partial charge in [0, 0.05) is 21.5 Å². The van der Waals surface area contributed by atoms with E-state index in [1.165, 1.54) is 21.0 Å². The SMILES string of the molecule is Cc1cc(CN2C=IC2)c2c(c1)PC(N)(N)O2. The second kappa shape index (κ2) is 4.24. The van der Waals surface area contributed by atoms with Crippen molar-refractivity contribution in [2.75, 3.05) is 4.55 Å². The van der Waals surface area contributed by atoms with Gasteiger partial charge in [0.05, 0.1) is 4.55 Å². The molecule has 2 aliphatic rings. The number of hydrogen-bond donors (Lipinski definition) is 2. The summed E-state index contributed by atoms with van der Waals surface area (Å²) >= 11 is 0.331. The van der Waals surface area contributed by atoms with Crippen molar-refractivity contribution in [1.29, 1.82) is 0 Å². The Morgan fingerprint density at radius 2 is 2.29 bits per heavy atom. The smallest absolute Gasteiger partial charge is 0.232 e. The molecular formula is C11H15IN3OP. The molecule has 6 heteroatoms. The van der Waals surface area contributed by atoms with E-state index in [0.717, 1.165) is 12.3 Å². The third-order valence-electron chi connectivity index (χ3n) is 2.71. The van der Waals surface area contributed by atoms with Crippen molar-refractivity contribution in [2.45, 2.75) is 19.1 Å². The van der Waals surface area contributed by atoms with Gasteiger partial charge in [-0.1, -0.05) is 26.8 Å². The molecule has 0 fully saturated rings. The van der Waals surface area contributed by atoms with E-state index >= 15 is 0 Å². The molecule has 1 aromatic rings. The molecule has 0 radical (unpaired) electrons. The van der Waals surface area contributed by atoms with E-state index in [4.69, 9.17) is 16.2 Å². The number of nitrogens with zero attached hydrogens (tertiary/aromatic N) is 1. The minimum Gasteiger partial charge on any atom is -0.455 e. The molecule has 3 rings (SSSR count). The molecule has 0 aliphatic carbocycles. The highest BCUT2D eigenvalue weighted by Crippen LogP contribution is 2.39. The fraction of sp³-hybridized carbons (Fsp3) is 0.364. The predicted octanol–water partition coefficient (Wildman–Crippen LogP) is 0.723. The highest BCUT2D eigenvalue weighted by Gasteiger charge is 2.33. The molecule has 0 bridgehead atoms. The molecule has 92 valence electrons. The molecule has 0 aromatic heterocycles. The number of halogens is 1. The first-order valence-corrected chi connectivity index (χ1v) is 9.14. The zero-order valence-electron chi connectivity index (χ0n) is 9.53. The summed E-state index contributed by atoms with van der Waals surface area (Å²) in [5.41, 5.74) is 13.2. The molecule has 2 heterocycles. The van der Waals surface area contributed by atoms with Crippen LogP contribution in [0.4, 0.5) is 0 Å². The number of ether oxygens (including phenoxy) is 1. The van der Waals surface area contributed by atoms with Crippen molar-refractivity contribution in [2.24, 2.45) is 11.5 Å². The molecule has 0 spiro atoms. The standard InChI is InChI=1S/C11H15IN3OP/c1-7-2-8(4-15-5-12-6-15)10-9(3-7)17-11(13,14)16-10/h2-3,5,17H,4,6,13-14H2,1H3. The Labute approximate surface area is 112 Å². The third kappa shape index (κ3) is 2.39. The summed E-state index contributed by atoms with van der Waals surface area (Å²) in [4.78, 5) is 2.34. The van der Waals surface area contributed by atoms with E-state index in [-0.39, 0.29) is 0 Å². The van der Waals surface area contributed by atoms with Crippen LogP contribution in [0.2, 0.25) is 0 Å². The average molecular weight is 363 g/mol. The van der Waals surface area contributed by atoms with E-state index in [0.29, 0.717) is 29.3 Å². The Hall–Kier alpha value is -0.0700. The summed E-state index contributed by atoms with van der Waals surface area (Å²) < 4.78 is 9.25. The van der Waals surface area contributed by atoms with Crippen LogP contribution in [0.5, 0.6) is 5.75 Å². The van der Waals surface area contributed by atoms with Crippen molar-refractivity contribution >= 4 is 38.8 Å². The van der Waals surface area contributed by atoms with Crippen LogP contribution in [0.15, 0.2) is 12.1 Å². The van der Waals surface area contributed by atoms with Crippen LogP contribution in [0.3, 0.4) is 0 Å². The first kappa shape index (κ1) is 12.0. The van der Waals surface area contributed by atoms with Crippen molar-refractivity contribution in [3.8, 4) is 5.75 Å². The Morgan fingerprint density at radius 3 is 2.94 bits per heavy atom. The Balaban J connectivity index is 1.96. The molecule has 0 amide bonds. The van der Waals surface area contributed by atoms with Crippen LogP contribution < -0.4 is 21.5 Å². The monoisotopic (exact) mass is 363 g/mol. The minimum atomic E-state index is -1.00. The van der Waals surface area contributed by atoms with Crippen molar-refractivity contribution in [1.82, 2.24) is 4.90 Å². The van der Waals surface area contributed by atoms with E-state index < -0.39 is 5.59 Å². The number of nitrogens with two attached hydrogens (primary N) is 2. The lowest BCUT2D eigenvalue weighted by molar-refractivity contribution is 0.185. The van der Waals surface area contributed by atoms with Gasteiger partial charge in [-0.25, -0.2) is 0 Å². The van der Waals surface area contributed by atoms with Gasteiger partial charge in [-0.2, -0.15) is 0 Å². The van der Waals surface area contributed by atoms with Gasteiger partial charge < -0.3 is 4.74 Å². The predicted molar refractivity (Wildman–Crippen MR) is 81.4 cm³/mol. The quantitative estimate of drug-likeness (QED) is 0.267. The first-order chi connectivity index (χ1) is 8.03. The second-order valence-corrected chi connectivity index (χ2v) is 8.13. The summed E-state index contributed by atoms with van der Waals surface area (Å²) in [6, 6.07) is 4.31. The molecule has 2 aliphatic heterocycles. The number of benzene rings is 1. The van der Waals surface area contributed by atoms with E-state index in [2.05, 4.69) is 28.1 Å². The number of rotatable bonds is 2. The molecule has 1 aromatic carbocycles. The number of alkyl halides is 1. The van der Waals surface area contributed by atoms with Gasteiger partial charge in [0.15, 0.2) is 0 Å². The van der Waals surface area contributed by atoms with Crippen LogP contribution in [-0.4, -0.2) is 19.2 Å². The lowest BCUT2D eigenvalue weighted by Crippen LogP contribution is -2.48. The third-order valence-corrected chi connectivity index (χ3v) is 6.30. The summed E-state index contributed by atoms with van der Waals surface area (Å²) in [5, 5.41) is 1.17. The first-order valence-electron chi connectivity index (χ1n) is 5.37. The zero-order chi connectivity index (χ0) is 12.0. The largest absolute Gasteiger partial charge is 0.455 e. The van der Waals surface area contributed by atoms with Crippen LogP contribution >= 0.6 is 29.3 Å². The normalized spacial score (nSPS) is 22.8. The van der Waals surface area contributed by atoms with Gasteiger partial charge in [0.25, 0.3) is 0 Å². The number of hydrogen-bond acceptors (Lipinski definition) is 4. The molecule has 1 unspecified atom stereocenters. The second-order valence-electron chi connectivity index (χ2n) is 4.44. The van der Waals surface area contributed by atoms with Crippen molar-refractivity contribution in [3.63, 3.8) is 0 Å². The average Bonchev–Trinajstić information content (AvgIpc) is 2.45. The molecular weight excluding hydrogens is 348 g/mol. The van der Waals surface area contributed by atoms with Crippen LogP contribution in [0.25, 0.3) is 0 Å². The van der Waals surface area contributed by atoms with E-state index in [9.17, 15) is 0 Å². The van der Waals surface area contributed by atoms with Crippen LogP contribution in [0.1, 0.15) is 11.1 Å². The summed E-state index contributed by atoms with van der Waals surface area (Å²) in [6.45, 7) is 3.03.